The van der Waals surface area contributed by atoms with Crippen LogP contribution in [0.2, 0.25) is 0 Å². The molecule has 0 aliphatic rings. The molecular weight excluding hydrogens is 378 g/mol. The van der Waals surface area contributed by atoms with Crippen LogP contribution < -0.4 is 0 Å². The van der Waals surface area contributed by atoms with Gasteiger partial charge in [0.05, 0.1) is 12.5 Å². The van der Waals surface area contributed by atoms with Gasteiger partial charge in [0.1, 0.15) is 0 Å². The zero-order valence-electron chi connectivity index (χ0n) is 17.3. The highest BCUT2D eigenvalue weighted by atomic mass is 16.5. The molecule has 7 heteroatoms. The number of pyridine rings is 1. The van der Waals surface area contributed by atoms with Gasteiger partial charge in [0.25, 0.3) is 0 Å². The Morgan fingerprint density at radius 1 is 1.23 bits per heavy atom. The van der Waals surface area contributed by atoms with Gasteiger partial charge in [0.2, 0.25) is 17.6 Å². The molecule has 0 bridgehead atoms. The van der Waals surface area contributed by atoms with E-state index in [-0.39, 0.29) is 18.7 Å². The predicted octanol–water partition coefficient (Wildman–Crippen LogP) is 4.13. The number of nitriles is 1. The van der Waals surface area contributed by atoms with Gasteiger partial charge in [-0.05, 0) is 23.1 Å². The third-order valence-corrected chi connectivity index (χ3v) is 4.80. The number of rotatable bonds is 9. The number of carbonyl (C=O) groups excluding carboxylic acids is 1. The molecular formula is C23H25N5O2. The lowest BCUT2D eigenvalue weighted by molar-refractivity contribution is -0.131. The van der Waals surface area contributed by atoms with Crippen LogP contribution in [-0.2, 0) is 17.8 Å². The van der Waals surface area contributed by atoms with Gasteiger partial charge in [0, 0.05) is 43.9 Å². The molecule has 30 heavy (non-hydrogen) atoms. The molecule has 0 fully saturated rings. The number of aromatic nitrogens is 3. The Kier molecular flexibility index (Phi) is 7.28. The average molecular weight is 403 g/mol. The fourth-order valence-electron chi connectivity index (χ4n) is 3.05. The second-order valence-electron chi connectivity index (χ2n) is 7.37. The first-order chi connectivity index (χ1) is 14.6. The van der Waals surface area contributed by atoms with Crippen molar-refractivity contribution in [1.29, 1.82) is 5.26 Å². The Labute approximate surface area is 176 Å². The van der Waals surface area contributed by atoms with Crippen LogP contribution in [-0.4, -0.2) is 32.5 Å². The standard InChI is InChI=1S/C23H25N5O2/c1-17(2)19-6-8-20(9-7-19)23-26-21(30-27-23)10-11-22(29)28(14-4-12-24)16-18-5-3-13-25-15-18/h3,5-9,13,15,17H,4,10-11,14,16H2,1-2H3. The zero-order chi connectivity index (χ0) is 21.3. The number of hydrogen-bond donors (Lipinski definition) is 0. The summed E-state index contributed by atoms with van der Waals surface area (Å²) < 4.78 is 5.33. The van der Waals surface area contributed by atoms with E-state index in [2.05, 4.69) is 47.2 Å². The summed E-state index contributed by atoms with van der Waals surface area (Å²) >= 11 is 0. The van der Waals surface area contributed by atoms with Gasteiger partial charge in [-0.15, -0.1) is 0 Å². The van der Waals surface area contributed by atoms with Crippen LogP contribution >= 0.6 is 0 Å². The van der Waals surface area contributed by atoms with Crippen LogP contribution in [0.1, 0.15) is 49.6 Å². The molecule has 3 rings (SSSR count). The maximum absolute atomic E-state index is 12.7. The third kappa shape index (κ3) is 5.74. The maximum atomic E-state index is 12.7. The van der Waals surface area contributed by atoms with Crippen molar-refractivity contribution in [2.45, 2.75) is 45.6 Å². The fourth-order valence-corrected chi connectivity index (χ4v) is 3.05. The van der Waals surface area contributed by atoms with Crippen molar-refractivity contribution in [3.63, 3.8) is 0 Å². The third-order valence-electron chi connectivity index (χ3n) is 4.80. The van der Waals surface area contributed by atoms with E-state index in [4.69, 9.17) is 9.78 Å². The minimum absolute atomic E-state index is 0.0601. The highest BCUT2D eigenvalue weighted by molar-refractivity contribution is 5.76. The Hall–Kier alpha value is -3.53. The number of amides is 1. The summed E-state index contributed by atoms with van der Waals surface area (Å²) in [6.45, 7) is 5.09. The van der Waals surface area contributed by atoms with Crippen LogP contribution in [0.3, 0.4) is 0 Å². The molecule has 1 amide bonds. The number of carbonyl (C=O) groups is 1. The number of nitrogens with zero attached hydrogens (tertiary/aromatic N) is 5. The Morgan fingerprint density at radius 3 is 2.70 bits per heavy atom. The first kappa shape index (κ1) is 21.2. The second-order valence-corrected chi connectivity index (χ2v) is 7.37. The van der Waals surface area contributed by atoms with Crippen molar-refractivity contribution in [3.05, 3.63) is 65.8 Å². The molecule has 2 heterocycles. The van der Waals surface area contributed by atoms with Crippen molar-refractivity contribution in [3.8, 4) is 17.5 Å². The molecule has 2 aromatic heterocycles. The van der Waals surface area contributed by atoms with E-state index in [1.54, 1.807) is 17.3 Å². The van der Waals surface area contributed by atoms with E-state index in [0.717, 1.165) is 11.1 Å². The summed E-state index contributed by atoms with van der Waals surface area (Å²) in [4.78, 5) is 22.9. The topological polar surface area (TPSA) is 95.9 Å². The molecule has 3 aromatic rings. The van der Waals surface area contributed by atoms with E-state index >= 15 is 0 Å². The second kappa shape index (κ2) is 10.3. The van der Waals surface area contributed by atoms with E-state index in [1.807, 2.05) is 24.3 Å². The van der Waals surface area contributed by atoms with Crippen LogP contribution in [0.15, 0.2) is 53.3 Å². The van der Waals surface area contributed by atoms with Crippen LogP contribution in [0.5, 0.6) is 0 Å². The highest BCUT2D eigenvalue weighted by Gasteiger charge is 2.16. The highest BCUT2D eigenvalue weighted by Crippen LogP contribution is 2.21. The SMILES string of the molecule is CC(C)c1ccc(-c2noc(CCC(=O)N(CCC#N)Cc3cccnc3)n2)cc1. The summed E-state index contributed by atoms with van der Waals surface area (Å²) in [5.74, 6) is 1.34. The summed E-state index contributed by atoms with van der Waals surface area (Å²) in [6, 6.07) is 13.9. The summed E-state index contributed by atoms with van der Waals surface area (Å²) in [5, 5.41) is 12.9. The van der Waals surface area contributed by atoms with Crippen molar-refractivity contribution < 1.29 is 9.32 Å². The molecule has 7 nitrogen and oxygen atoms in total. The lowest BCUT2D eigenvalue weighted by atomic mass is 10.0. The monoisotopic (exact) mass is 403 g/mol. The van der Waals surface area contributed by atoms with Gasteiger partial charge in [-0.3, -0.25) is 9.78 Å². The van der Waals surface area contributed by atoms with E-state index < -0.39 is 0 Å². The Bertz CT molecular complexity index is 990. The smallest absolute Gasteiger partial charge is 0.227 e. The van der Waals surface area contributed by atoms with Crippen molar-refractivity contribution in [2.75, 3.05) is 6.54 Å². The van der Waals surface area contributed by atoms with Gasteiger partial charge in [-0.2, -0.15) is 10.2 Å². The van der Waals surface area contributed by atoms with Crippen molar-refractivity contribution in [1.82, 2.24) is 20.0 Å². The van der Waals surface area contributed by atoms with Crippen LogP contribution in [0.4, 0.5) is 0 Å². The zero-order valence-corrected chi connectivity index (χ0v) is 17.3. The molecule has 0 atom stereocenters. The number of hydrogen-bond acceptors (Lipinski definition) is 6. The van der Waals surface area contributed by atoms with E-state index in [0.29, 0.717) is 37.1 Å². The fraction of sp³-hybridized carbons (Fsp3) is 0.348. The average Bonchev–Trinajstić information content (AvgIpc) is 3.25. The predicted molar refractivity (Wildman–Crippen MR) is 112 cm³/mol. The van der Waals surface area contributed by atoms with Crippen LogP contribution in [0.25, 0.3) is 11.4 Å². The molecule has 0 unspecified atom stereocenters. The Balaban J connectivity index is 1.60. The van der Waals surface area contributed by atoms with Crippen LogP contribution in [0, 0.1) is 11.3 Å². The van der Waals surface area contributed by atoms with Gasteiger partial charge in [-0.25, -0.2) is 0 Å². The first-order valence-electron chi connectivity index (χ1n) is 10.0. The molecule has 154 valence electrons. The molecule has 0 N–H and O–H groups in total. The quantitative estimate of drug-likeness (QED) is 0.533. The Morgan fingerprint density at radius 2 is 2.03 bits per heavy atom. The minimum Gasteiger partial charge on any atom is -0.339 e. The normalized spacial score (nSPS) is 10.7. The summed E-state index contributed by atoms with van der Waals surface area (Å²) in [5.41, 5.74) is 3.06. The lowest BCUT2D eigenvalue weighted by Crippen LogP contribution is -2.31. The molecule has 0 radical (unpaired) electrons. The van der Waals surface area contributed by atoms with E-state index in [9.17, 15) is 4.79 Å². The maximum Gasteiger partial charge on any atom is 0.227 e. The van der Waals surface area contributed by atoms with Gasteiger partial charge >= 0.3 is 0 Å². The van der Waals surface area contributed by atoms with Gasteiger partial charge < -0.3 is 9.42 Å². The van der Waals surface area contributed by atoms with Gasteiger partial charge in [0.15, 0.2) is 0 Å². The summed E-state index contributed by atoms with van der Waals surface area (Å²) in [6.07, 6.45) is 4.28. The first-order valence-corrected chi connectivity index (χ1v) is 10.0. The molecule has 0 aliphatic carbocycles. The largest absolute Gasteiger partial charge is 0.339 e. The molecule has 0 saturated carbocycles. The van der Waals surface area contributed by atoms with E-state index in [1.165, 1.54) is 5.56 Å². The molecule has 0 aliphatic heterocycles. The number of aryl methyl sites for hydroxylation is 1. The van der Waals surface area contributed by atoms with Crippen molar-refractivity contribution in [2.24, 2.45) is 0 Å². The summed E-state index contributed by atoms with van der Waals surface area (Å²) in [7, 11) is 0. The molecule has 1 aromatic carbocycles. The lowest BCUT2D eigenvalue weighted by Gasteiger charge is -2.21. The number of benzene rings is 1. The molecule has 0 saturated heterocycles. The minimum atomic E-state index is -0.0601. The van der Waals surface area contributed by atoms with Gasteiger partial charge in [-0.1, -0.05) is 49.3 Å². The van der Waals surface area contributed by atoms with Crippen molar-refractivity contribution >= 4 is 5.91 Å². The molecule has 0 spiro atoms.